The van der Waals surface area contributed by atoms with Gasteiger partial charge in [-0.1, -0.05) is 0 Å². The maximum Gasteiger partial charge on any atom is 0.277 e. The molecule has 0 atom stereocenters. The fourth-order valence-electron chi connectivity index (χ4n) is 2.18. The number of rotatable bonds is 1. The lowest BCUT2D eigenvalue weighted by atomic mass is 10.1. The second-order valence-corrected chi connectivity index (χ2v) is 4.28. The van der Waals surface area contributed by atoms with Crippen LogP contribution in [0.25, 0.3) is 10.9 Å². The number of nitrogens with one attached hydrogen (secondary N) is 1. The summed E-state index contributed by atoms with van der Waals surface area (Å²) in [5, 5.41) is 0.328. The number of carbonyl (C=O) groups is 2. The van der Waals surface area contributed by atoms with Crippen molar-refractivity contribution >= 4 is 22.7 Å². The van der Waals surface area contributed by atoms with Crippen molar-refractivity contribution in [3.63, 3.8) is 0 Å². The predicted molar refractivity (Wildman–Crippen MR) is 67.5 cm³/mol. The molecule has 0 spiro atoms. The van der Waals surface area contributed by atoms with Gasteiger partial charge in [-0.05, 0) is 18.2 Å². The van der Waals surface area contributed by atoms with Gasteiger partial charge in [-0.3, -0.25) is 19.3 Å². The summed E-state index contributed by atoms with van der Waals surface area (Å²) in [7, 11) is 2.84. The van der Waals surface area contributed by atoms with Gasteiger partial charge in [0.15, 0.2) is 0 Å². The fraction of sp³-hybridized carbons (Fsp3) is 0.154. The van der Waals surface area contributed by atoms with Crippen molar-refractivity contribution in [3.8, 4) is 5.75 Å². The lowest BCUT2D eigenvalue weighted by Crippen LogP contribution is -2.25. The van der Waals surface area contributed by atoms with Crippen LogP contribution in [0.15, 0.2) is 23.0 Å². The normalized spacial score (nSPS) is 14.1. The quantitative estimate of drug-likeness (QED) is 0.766. The Morgan fingerprint density at radius 1 is 1.16 bits per heavy atom. The second kappa shape index (κ2) is 3.68. The van der Waals surface area contributed by atoms with E-state index >= 15 is 0 Å². The number of aromatic amines is 1. The van der Waals surface area contributed by atoms with E-state index < -0.39 is 17.2 Å². The molecule has 0 bridgehead atoms. The molecule has 1 aromatic heterocycles. The number of benzene rings is 1. The molecule has 19 heavy (non-hydrogen) atoms. The van der Waals surface area contributed by atoms with Crippen LogP contribution >= 0.6 is 0 Å². The van der Waals surface area contributed by atoms with Crippen LogP contribution in [0.1, 0.15) is 20.8 Å². The van der Waals surface area contributed by atoms with Crippen molar-refractivity contribution in [2.75, 3.05) is 14.2 Å². The van der Waals surface area contributed by atoms with E-state index in [1.807, 2.05) is 0 Å². The van der Waals surface area contributed by atoms with Crippen LogP contribution in [0.2, 0.25) is 0 Å². The Kier molecular flexibility index (Phi) is 2.22. The number of pyridine rings is 1. The Labute approximate surface area is 107 Å². The van der Waals surface area contributed by atoms with Gasteiger partial charge >= 0.3 is 0 Å². The number of hydrogen-bond donors (Lipinski definition) is 1. The molecular formula is C13H10N2O4. The summed E-state index contributed by atoms with van der Waals surface area (Å²) in [6.45, 7) is 0. The molecule has 96 valence electrons. The summed E-state index contributed by atoms with van der Waals surface area (Å²) in [6.07, 6.45) is 0. The Hall–Kier alpha value is -2.63. The van der Waals surface area contributed by atoms with Crippen LogP contribution in [-0.2, 0) is 0 Å². The number of ether oxygens (including phenoxy) is 1. The van der Waals surface area contributed by atoms with Gasteiger partial charge in [0.1, 0.15) is 17.0 Å². The third kappa shape index (κ3) is 1.40. The Morgan fingerprint density at radius 2 is 1.89 bits per heavy atom. The first-order valence-electron chi connectivity index (χ1n) is 5.61. The molecule has 1 aliphatic rings. The molecule has 2 aromatic rings. The van der Waals surface area contributed by atoms with Gasteiger partial charge in [0.05, 0.1) is 12.6 Å². The number of hydrogen-bond acceptors (Lipinski definition) is 4. The van der Waals surface area contributed by atoms with Crippen molar-refractivity contribution in [1.29, 1.82) is 0 Å². The average Bonchev–Trinajstić information content (AvgIpc) is 2.64. The van der Waals surface area contributed by atoms with E-state index in [1.165, 1.54) is 14.2 Å². The molecule has 6 heteroatoms. The smallest absolute Gasteiger partial charge is 0.277 e. The SMILES string of the molecule is COc1ccc2[nH]c3c(c(=O)c2c1)C(=O)N(C)C3=O. The number of nitrogens with zero attached hydrogens (tertiary/aromatic N) is 1. The lowest BCUT2D eigenvalue weighted by Gasteiger charge is -2.03. The Bertz CT molecular complexity index is 791. The van der Waals surface area contributed by atoms with E-state index in [0.29, 0.717) is 16.7 Å². The highest BCUT2D eigenvalue weighted by Crippen LogP contribution is 2.22. The summed E-state index contributed by atoms with van der Waals surface area (Å²) in [6, 6.07) is 4.87. The molecule has 1 aliphatic heterocycles. The molecule has 0 fully saturated rings. The molecule has 1 aromatic carbocycles. The van der Waals surface area contributed by atoms with Gasteiger partial charge in [0.25, 0.3) is 11.8 Å². The molecule has 1 N–H and O–H groups in total. The number of carbonyl (C=O) groups excluding carboxylic acids is 2. The molecule has 0 unspecified atom stereocenters. The van der Waals surface area contributed by atoms with Gasteiger partial charge in [0, 0.05) is 12.4 Å². The highest BCUT2D eigenvalue weighted by molar-refractivity contribution is 6.21. The minimum absolute atomic E-state index is 0.0511. The van der Waals surface area contributed by atoms with Crippen molar-refractivity contribution in [2.45, 2.75) is 0 Å². The van der Waals surface area contributed by atoms with Crippen LogP contribution in [0.5, 0.6) is 5.75 Å². The molecular weight excluding hydrogens is 248 g/mol. The van der Waals surface area contributed by atoms with Crippen LogP contribution < -0.4 is 10.2 Å². The molecule has 0 saturated heterocycles. The zero-order valence-electron chi connectivity index (χ0n) is 10.3. The second-order valence-electron chi connectivity index (χ2n) is 4.28. The lowest BCUT2D eigenvalue weighted by molar-refractivity contribution is 0.0691. The number of amides is 2. The number of imide groups is 1. The maximum absolute atomic E-state index is 12.3. The van der Waals surface area contributed by atoms with Crippen molar-refractivity contribution in [3.05, 3.63) is 39.7 Å². The number of aromatic nitrogens is 1. The van der Waals surface area contributed by atoms with Crippen molar-refractivity contribution < 1.29 is 14.3 Å². The highest BCUT2D eigenvalue weighted by atomic mass is 16.5. The average molecular weight is 258 g/mol. The summed E-state index contributed by atoms with van der Waals surface area (Å²) >= 11 is 0. The standard InChI is InChI=1S/C13H10N2O4/c1-15-12(17)9-10(13(15)18)14-8-4-3-6(19-2)5-7(8)11(9)16/h3-5H,1-2H3,(H,14,16). The third-order valence-corrected chi connectivity index (χ3v) is 3.25. The van der Waals surface area contributed by atoms with Gasteiger partial charge < -0.3 is 9.72 Å². The Morgan fingerprint density at radius 3 is 2.58 bits per heavy atom. The number of methoxy groups -OCH3 is 1. The summed E-state index contributed by atoms with van der Waals surface area (Å²) in [4.78, 5) is 39.8. The minimum Gasteiger partial charge on any atom is -0.497 e. The van der Waals surface area contributed by atoms with Crippen LogP contribution in [-0.4, -0.2) is 35.9 Å². The maximum atomic E-state index is 12.3. The highest BCUT2D eigenvalue weighted by Gasteiger charge is 2.36. The van der Waals surface area contributed by atoms with E-state index in [0.717, 1.165) is 4.90 Å². The number of H-pyrrole nitrogens is 1. The minimum atomic E-state index is -0.578. The first-order chi connectivity index (χ1) is 9.04. The fourth-order valence-corrected chi connectivity index (χ4v) is 2.18. The zero-order chi connectivity index (χ0) is 13.7. The van der Waals surface area contributed by atoms with Gasteiger partial charge in [-0.2, -0.15) is 0 Å². The topological polar surface area (TPSA) is 79.5 Å². The van der Waals surface area contributed by atoms with E-state index in [4.69, 9.17) is 4.74 Å². The van der Waals surface area contributed by atoms with Gasteiger partial charge in [-0.15, -0.1) is 0 Å². The van der Waals surface area contributed by atoms with Crippen molar-refractivity contribution in [1.82, 2.24) is 9.88 Å². The largest absolute Gasteiger partial charge is 0.497 e. The molecule has 2 heterocycles. The summed E-state index contributed by atoms with van der Waals surface area (Å²) < 4.78 is 5.05. The van der Waals surface area contributed by atoms with Gasteiger partial charge in [0.2, 0.25) is 5.43 Å². The summed E-state index contributed by atoms with van der Waals surface area (Å²) in [5.74, 6) is -0.552. The van der Waals surface area contributed by atoms with Crippen molar-refractivity contribution in [2.24, 2.45) is 0 Å². The molecule has 0 radical (unpaired) electrons. The first kappa shape index (κ1) is 11.5. The molecule has 0 aliphatic carbocycles. The number of fused-ring (bicyclic) bond motifs is 2. The molecule has 0 saturated carbocycles. The van der Waals surface area contributed by atoms with E-state index in [-0.39, 0.29) is 11.3 Å². The first-order valence-corrected chi connectivity index (χ1v) is 5.61. The van der Waals surface area contributed by atoms with Gasteiger partial charge in [-0.25, -0.2) is 0 Å². The van der Waals surface area contributed by atoms with E-state index in [9.17, 15) is 14.4 Å². The molecule has 2 amide bonds. The van der Waals surface area contributed by atoms with E-state index in [1.54, 1.807) is 18.2 Å². The summed E-state index contributed by atoms with van der Waals surface area (Å²) in [5.41, 5.74) is -0.00484. The third-order valence-electron chi connectivity index (χ3n) is 3.25. The zero-order valence-corrected chi connectivity index (χ0v) is 10.3. The molecule has 3 rings (SSSR count). The Balaban J connectivity index is 2.43. The van der Waals surface area contributed by atoms with Crippen LogP contribution in [0, 0.1) is 0 Å². The predicted octanol–water partition coefficient (Wildman–Crippen LogP) is 0.762. The monoisotopic (exact) mass is 258 g/mol. The van der Waals surface area contributed by atoms with Crippen LogP contribution in [0.3, 0.4) is 0 Å². The molecule has 6 nitrogen and oxygen atoms in total. The van der Waals surface area contributed by atoms with Crippen LogP contribution in [0.4, 0.5) is 0 Å². The van der Waals surface area contributed by atoms with E-state index in [2.05, 4.69) is 4.98 Å².